The summed E-state index contributed by atoms with van der Waals surface area (Å²) in [6.45, 7) is 1.97. The van der Waals surface area contributed by atoms with E-state index < -0.39 is 11.9 Å². The normalized spacial score (nSPS) is 12.0. The van der Waals surface area contributed by atoms with Crippen LogP contribution >= 0.6 is 11.6 Å². The first-order valence-electron chi connectivity index (χ1n) is 6.63. The van der Waals surface area contributed by atoms with Gasteiger partial charge in [-0.3, -0.25) is 4.79 Å². The lowest BCUT2D eigenvalue weighted by Gasteiger charge is -2.16. The van der Waals surface area contributed by atoms with E-state index in [1.165, 1.54) is 0 Å². The quantitative estimate of drug-likeness (QED) is 0.906. The van der Waals surface area contributed by atoms with Crippen LogP contribution in [0, 0.1) is 6.92 Å². The first-order valence-corrected chi connectivity index (χ1v) is 7.01. The van der Waals surface area contributed by atoms with Crippen LogP contribution < -0.4 is 4.74 Å². The smallest absolute Gasteiger partial charge is 0.311 e. The lowest BCUT2D eigenvalue weighted by atomic mass is 9.91. The van der Waals surface area contributed by atoms with Crippen LogP contribution in [0.15, 0.2) is 42.5 Å². The fourth-order valence-corrected chi connectivity index (χ4v) is 2.56. The second kappa shape index (κ2) is 6.64. The van der Waals surface area contributed by atoms with Crippen LogP contribution in [0.4, 0.5) is 0 Å². The van der Waals surface area contributed by atoms with E-state index in [4.69, 9.17) is 16.3 Å². The Hall–Kier alpha value is -2.00. The van der Waals surface area contributed by atoms with Gasteiger partial charge in [0.25, 0.3) is 0 Å². The fraction of sp³-hybridized carbons (Fsp3) is 0.235. The van der Waals surface area contributed by atoms with Crippen molar-refractivity contribution >= 4 is 17.6 Å². The van der Waals surface area contributed by atoms with Crippen molar-refractivity contribution in [2.45, 2.75) is 19.3 Å². The average molecular weight is 305 g/mol. The maximum Gasteiger partial charge on any atom is 0.311 e. The summed E-state index contributed by atoms with van der Waals surface area (Å²) >= 11 is 5.96. The number of ether oxygens (including phenoxy) is 1. The highest BCUT2D eigenvalue weighted by atomic mass is 35.5. The Morgan fingerprint density at radius 3 is 2.67 bits per heavy atom. The van der Waals surface area contributed by atoms with E-state index in [1.54, 1.807) is 31.4 Å². The van der Waals surface area contributed by atoms with Gasteiger partial charge in [0.1, 0.15) is 5.75 Å². The Kier molecular flexibility index (Phi) is 4.86. The third-order valence-electron chi connectivity index (χ3n) is 3.41. The number of hydrogen-bond acceptors (Lipinski definition) is 2. The number of hydrogen-bond donors (Lipinski definition) is 1. The molecule has 1 unspecified atom stereocenters. The number of benzene rings is 2. The second-order valence-corrected chi connectivity index (χ2v) is 5.40. The predicted octanol–water partition coefficient (Wildman–Crippen LogP) is 4.07. The summed E-state index contributed by atoms with van der Waals surface area (Å²) in [5.41, 5.74) is 2.64. The van der Waals surface area contributed by atoms with Crippen molar-refractivity contribution in [3.05, 3.63) is 64.2 Å². The molecule has 0 aliphatic rings. The molecule has 2 aromatic carbocycles. The van der Waals surface area contributed by atoms with Gasteiger partial charge in [-0.15, -0.1) is 0 Å². The van der Waals surface area contributed by atoms with Gasteiger partial charge in [-0.25, -0.2) is 0 Å². The van der Waals surface area contributed by atoms with E-state index in [0.717, 1.165) is 11.1 Å². The zero-order valence-corrected chi connectivity index (χ0v) is 12.7. The Labute approximate surface area is 129 Å². The van der Waals surface area contributed by atoms with Crippen molar-refractivity contribution in [1.29, 1.82) is 0 Å². The first-order chi connectivity index (χ1) is 10.0. The van der Waals surface area contributed by atoms with Gasteiger partial charge in [-0.2, -0.15) is 0 Å². The monoisotopic (exact) mass is 304 g/mol. The molecule has 1 N–H and O–H groups in total. The Morgan fingerprint density at radius 2 is 2.05 bits per heavy atom. The molecule has 0 heterocycles. The van der Waals surface area contributed by atoms with Gasteiger partial charge in [-0.1, -0.05) is 41.4 Å². The second-order valence-electron chi connectivity index (χ2n) is 4.97. The third-order valence-corrected chi connectivity index (χ3v) is 3.64. The summed E-state index contributed by atoms with van der Waals surface area (Å²) in [4.78, 5) is 11.6. The molecule has 2 rings (SSSR count). The Morgan fingerprint density at radius 1 is 1.29 bits per heavy atom. The van der Waals surface area contributed by atoms with Crippen molar-refractivity contribution in [2.24, 2.45) is 0 Å². The van der Waals surface area contributed by atoms with Crippen LogP contribution in [0.5, 0.6) is 5.75 Å². The SMILES string of the molecule is COc1ccc(C)cc1CC(C(=O)O)c1cccc(Cl)c1. The average Bonchev–Trinajstić information content (AvgIpc) is 2.44. The third kappa shape index (κ3) is 3.76. The number of aryl methyl sites for hydroxylation is 1. The molecule has 0 spiro atoms. The summed E-state index contributed by atoms with van der Waals surface area (Å²) < 4.78 is 5.32. The molecule has 0 aliphatic heterocycles. The van der Waals surface area contributed by atoms with Crippen LogP contribution in [0.1, 0.15) is 22.6 Å². The maximum absolute atomic E-state index is 11.6. The number of carbonyl (C=O) groups is 1. The maximum atomic E-state index is 11.6. The molecule has 0 saturated carbocycles. The summed E-state index contributed by atoms with van der Waals surface area (Å²) in [5.74, 6) is -0.825. The summed E-state index contributed by atoms with van der Waals surface area (Å²) in [6.07, 6.45) is 0.362. The van der Waals surface area contributed by atoms with Gasteiger partial charge in [0.05, 0.1) is 13.0 Å². The number of aliphatic carboxylic acids is 1. The van der Waals surface area contributed by atoms with Crippen LogP contribution in [0.25, 0.3) is 0 Å². The van der Waals surface area contributed by atoms with E-state index >= 15 is 0 Å². The molecule has 0 saturated heterocycles. The molecule has 0 amide bonds. The summed E-state index contributed by atoms with van der Waals surface area (Å²) in [6, 6.07) is 12.7. The largest absolute Gasteiger partial charge is 0.496 e. The Bertz CT molecular complexity index is 652. The molecule has 1 atom stereocenters. The van der Waals surface area contributed by atoms with Crippen molar-refractivity contribution in [2.75, 3.05) is 7.11 Å². The Balaban J connectivity index is 2.37. The number of rotatable bonds is 5. The minimum absolute atomic E-state index is 0.362. The highest BCUT2D eigenvalue weighted by Gasteiger charge is 2.22. The van der Waals surface area contributed by atoms with Crippen LogP contribution in [-0.2, 0) is 11.2 Å². The van der Waals surface area contributed by atoms with Crippen LogP contribution in [-0.4, -0.2) is 18.2 Å². The molecule has 21 heavy (non-hydrogen) atoms. The van der Waals surface area contributed by atoms with Gasteiger partial charge in [0.15, 0.2) is 0 Å². The molecule has 0 aromatic heterocycles. The zero-order valence-electron chi connectivity index (χ0n) is 12.0. The highest BCUT2D eigenvalue weighted by molar-refractivity contribution is 6.30. The van der Waals surface area contributed by atoms with E-state index in [2.05, 4.69) is 0 Å². The molecule has 0 bridgehead atoms. The molecular weight excluding hydrogens is 288 g/mol. The molecule has 4 heteroatoms. The number of carboxylic acid groups (broad SMARTS) is 1. The van der Waals surface area contributed by atoms with Crippen LogP contribution in [0.2, 0.25) is 5.02 Å². The molecule has 0 fully saturated rings. The molecule has 0 radical (unpaired) electrons. The van der Waals surface area contributed by atoms with Crippen LogP contribution in [0.3, 0.4) is 0 Å². The minimum atomic E-state index is -0.874. The van der Waals surface area contributed by atoms with Gasteiger partial charge in [-0.05, 0) is 42.7 Å². The van der Waals surface area contributed by atoms with Crippen molar-refractivity contribution < 1.29 is 14.6 Å². The van der Waals surface area contributed by atoms with Gasteiger partial charge in [0, 0.05) is 5.02 Å². The topological polar surface area (TPSA) is 46.5 Å². The lowest BCUT2D eigenvalue weighted by molar-refractivity contribution is -0.138. The van der Waals surface area contributed by atoms with Crippen molar-refractivity contribution in [3.8, 4) is 5.75 Å². The predicted molar refractivity (Wildman–Crippen MR) is 83.3 cm³/mol. The number of carboxylic acids is 1. The van der Waals surface area contributed by atoms with Gasteiger partial charge >= 0.3 is 5.97 Å². The zero-order chi connectivity index (χ0) is 15.4. The molecular formula is C17H17ClO3. The van der Waals surface area contributed by atoms with E-state index in [-0.39, 0.29) is 0 Å². The fourth-order valence-electron chi connectivity index (χ4n) is 2.36. The van der Waals surface area contributed by atoms with E-state index in [9.17, 15) is 9.90 Å². The number of methoxy groups -OCH3 is 1. The molecule has 0 aliphatic carbocycles. The lowest BCUT2D eigenvalue weighted by Crippen LogP contribution is -2.15. The summed E-state index contributed by atoms with van der Waals surface area (Å²) in [7, 11) is 1.59. The number of halogens is 1. The molecule has 3 nitrogen and oxygen atoms in total. The van der Waals surface area contributed by atoms with Crippen molar-refractivity contribution in [1.82, 2.24) is 0 Å². The van der Waals surface area contributed by atoms with E-state index in [0.29, 0.717) is 22.8 Å². The summed E-state index contributed by atoms with van der Waals surface area (Å²) in [5, 5.41) is 10.1. The highest BCUT2D eigenvalue weighted by Crippen LogP contribution is 2.29. The van der Waals surface area contributed by atoms with E-state index in [1.807, 2.05) is 25.1 Å². The molecule has 2 aromatic rings. The van der Waals surface area contributed by atoms with Crippen molar-refractivity contribution in [3.63, 3.8) is 0 Å². The first kappa shape index (κ1) is 15.4. The minimum Gasteiger partial charge on any atom is -0.496 e. The molecule has 110 valence electrons. The standard InChI is InChI=1S/C17H17ClO3/c1-11-6-7-16(21-2)13(8-11)10-15(17(19)20)12-4-3-5-14(18)9-12/h3-9,15H,10H2,1-2H3,(H,19,20). The van der Waals surface area contributed by atoms with Gasteiger partial charge in [0.2, 0.25) is 0 Å². The van der Waals surface area contributed by atoms with Gasteiger partial charge < -0.3 is 9.84 Å².